The van der Waals surface area contributed by atoms with Gasteiger partial charge in [0.05, 0.1) is 12.7 Å². The number of methoxy groups -OCH3 is 1. The van der Waals surface area contributed by atoms with Crippen LogP contribution in [0.3, 0.4) is 0 Å². The van der Waals surface area contributed by atoms with Gasteiger partial charge >= 0.3 is 6.18 Å². The molecule has 1 aliphatic heterocycles. The number of ether oxygens (including phenoxy) is 1. The lowest BCUT2D eigenvalue weighted by molar-refractivity contribution is -0.138. The molecular weight excluding hydrogens is 351 g/mol. The highest BCUT2D eigenvalue weighted by Gasteiger charge is 2.39. The zero-order valence-electron chi connectivity index (χ0n) is 13.4. The molecule has 25 heavy (non-hydrogen) atoms. The van der Waals surface area contributed by atoms with Crippen molar-refractivity contribution in [3.63, 3.8) is 0 Å². The minimum absolute atomic E-state index is 0.119. The number of halogens is 3. The Labute approximate surface area is 147 Å². The maximum Gasteiger partial charge on any atom is 0.416 e. The summed E-state index contributed by atoms with van der Waals surface area (Å²) in [5, 5.41) is -0.656. The summed E-state index contributed by atoms with van der Waals surface area (Å²) < 4.78 is 45.1. The molecule has 3 rings (SSSR count). The average Bonchev–Trinajstić information content (AvgIpc) is 3.10. The van der Waals surface area contributed by atoms with Crippen molar-refractivity contribution in [3.8, 4) is 5.75 Å². The number of benzene rings is 2. The Hall–Kier alpha value is -2.15. The molecule has 7 heteroatoms. The number of nitrogens with zero attached hydrogens (tertiary/aromatic N) is 1. The number of amides is 1. The molecule has 0 spiro atoms. The van der Waals surface area contributed by atoms with Gasteiger partial charge in [-0.25, -0.2) is 0 Å². The van der Waals surface area contributed by atoms with Crippen LogP contribution in [0.5, 0.6) is 5.75 Å². The zero-order chi connectivity index (χ0) is 18.0. The van der Waals surface area contributed by atoms with Crippen LogP contribution in [-0.2, 0) is 6.18 Å². The quantitative estimate of drug-likeness (QED) is 0.794. The van der Waals surface area contributed by atoms with Gasteiger partial charge in [0, 0.05) is 17.9 Å². The first kappa shape index (κ1) is 17.7. The minimum atomic E-state index is -4.45. The van der Waals surface area contributed by atoms with E-state index in [1.807, 2.05) is 0 Å². The van der Waals surface area contributed by atoms with Crippen LogP contribution < -0.4 is 4.74 Å². The first-order valence-electron chi connectivity index (χ1n) is 7.64. The molecule has 0 unspecified atom stereocenters. The molecule has 0 bridgehead atoms. The maximum absolute atomic E-state index is 13.3. The highest BCUT2D eigenvalue weighted by Crippen LogP contribution is 2.44. The van der Waals surface area contributed by atoms with Crippen molar-refractivity contribution in [2.45, 2.75) is 11.6 Å². The van der Waals surface area contributed by atoms with Crippen LogP contribution in [0, 0.1) is 0 Å². The summed E-state index contributed by atoms with van der Waals surface area (Å²) in [7, 11) is 1.50. The summed E-state index contributed by atoms with van der Waals surface area (Å²) in [6.45, 7) is 0.400. The largest absolute Gasteiger partial charge is 0.497 e. The molecule has 0 aromatic heterocycles. The summed E-state index contributed by atoms with van der Waals surface area (Å²) in [5.74, 6) is 0.822. The molecule has 0 N–H and O–H groups in total. The molecule has 2 aromatic rings. The third kappa shape index (κ3) is 3.61. The van der Waals surface area contributed by atoms with Crippen molar-refractivity contribution in [1.29, 1.82) is 0 Å². The molecule has 0 saturated carbocycles. The number of hydrogen-bond donors (Lipinski definition) is 0. The molecule has 1 saturated heterocycles. The number of hydrogen-bond acceptors (Lipinski definition) is 3. The van der Waals surface area contributed by atoms with E-state index >= 15 is 0 Å². The zero-order valence-corrected chi connectivity index (χ0v) is 14.2. The van der Waals surface area contributed by atoms with E-state index in [2.05, 4.69) is 0 Å². The summed E-state index contributed by atoms with van der Waals surface area (Å²) >= 11 is 1.34. The predicted molar refractivity (Wildman–Crippen MR) is 90.7 cm³/mol. The second-order valence-electron chi connectivity index (χ2n) is 5.54. The van der Waals surface area contributed by atoms with E-state index < -0.39 is 17.1 Å². The Bertz CT molecular complexity index is 779. The van der Waals surface area contributed by atoms with Gasteiger partial charge in [-0.1, -0.05) is 24.3 Å². The van der Waals surface area contributed by atoms with Gasteiger partial charge in [-0.05, 0) is 29.8 Å². The van der Waals surface area contributed by atoms with E-state index in [1.165, 1.54) is 35.9 Å². The minimum Gasteiger partial charge on any atom is -0.497 e. The summed E-state index contributed by atoms with van der Waals surface area (Å²) in [6.07, 6.45) is -4.45. The first-order valence-corrected chi connectivity index (χ1v) is 8.69. The molecule has 1 atom stereocenters. The van der Waals surface area contributed by atoms with E-state index in [1.54, 1.807) is 30.3 Å². The van der Waals surface area contributed by atoms with Gasteiger partial charge in [0.15, 0.2) is 0 Å². The van der Waals surface area contributed by atoms with Gasteiger partial charge in [0.2, 0.25) is 0 Å². The number of alkyl halides is 3. The molecule has 2 aromatic carbocycles. The third-order valence-corrected chi connectivity index (χ3v) is 5.24. The van der Waals surface area contributed by atoms with Crippen LogP contribution >= 0.6 is 11.8 Å². The number of rotatable bonds is 3. The van der Waals surface area contributed by atoms with Crippen LogP contribution in [-0.4, -0.2) is 30.2 Å². The fourth-order valence-electron chi connectivity index (χ4n) is 2.83. The number of carbonyl (C=O) groups excluding carboxylic acids is 1. The van der Waals surface area contributed by atoms with Gasteiger partial charge < -0.3 is 9.64 Å². The van der Waals surface area contributed by atoms with E-state index in [4.69, 9.17) is 4.74 Å². The Morgan fingerprint density at radius 2 is 1.96 bits per heavy atom. The van der Waals surface area contributed by atoms with Gasteiger partial charge in [0.1, 0.15) is 11.1 Å². The van der Waals surface area contributed by atoms with E-state index in [0.717, 1.165) is 6.07 Å². The second-order valence-corrected chi connectivity index (χ2v) is 6.73. The molecule has 0 aliphatic carbocycles. The van der Waals surface area contributed by atoms with E-state index in [9.17, 15) is 18.0 Å². The fourth-order valence-corrected chi connectivity index (χ4v) is 4.12. The molecule has 1 amide bonds. The van der Waals surface area contributed by atoms with Crippen molar-refractivity contribution < 1.29 is 22.7 Å². The van der Waals surface area contributed by atoms with Crippen molar-refractivity contribution in [2.75, 3.05) is 19.4 Å². The molecule has 132 valence electrons. The van der Waals surface area contributed by atoms with E-state index in [0.29, 0.717) is 23.6 Å². The number of carbonyl (C=O) groups is 1. The van der Waals surface area contributed by atoms with Crippen molar-refractivity contribution >= 4 is 17.7 Å². The Morgan fingerprint density at radius 3 is 2.68 bits per heavy atom. The molecule has 1 fully saturated rings. The summed E-state index contributed by atoms with van der Waals surface area (Å²) in [4.78, 5) is 14.3. The first-order chi connectivity index (χ1) is 11.9. The van der Waals surface area contributed by atoms with Gasteiger partial charge in [-0.2, -0.15) is 13.2 Å². The van der Waals surface area contributed by atoms with Crippen LogP contribution in [0.4, 0.5) is 13.2 Å². The SMILES string of the molecule is COc1cccc(C(=O)N2CCS[C@H]2c2ccccc2C(F)(F)F)c1. The topological polar surface area (TPSA) is 29.5 Å². The van der Waals surface area contributed by atoms with E-state index in [-0.39, 0.29) is 11.5 Å². The molecule has 1 heterocycles. The Kier molecular flexibility index (Phi) is 4.94. The lowest BCUT2D eigenvalue weighted by Crippen LogP contribution is -2.31. The second kappa shape index (κ2) is 7.00. The predicted octanol–water partition coefficient (Wildman–Crippen LogP) is 4.60. The molecule has 0 radical (unpaired) electrons. The van der Waals surface area contributed by atoms with Crippen LogP contribution in [0.1, 0.15) is 26.9 Å². The lowest BCUT2D eigenvalue weighted by Gasteiger charge is -2.26. The third-order valence-electron chi connectivity index (χ3n) is 4.00. The fraction of sp³-hybridized carbons (Fsp3) is 0.278. The normalized spacial score (nSPS) is 17.6. The summed E-state index contributed by atoms with van der Waals surface area (Å²) in [5.41, 5.74) is -0.178. The average molecular weight is 367 g/mol. The lowest BCUT2D eigenvalue weighted by atomic mass is 10.1. The van der Waals surface area contributed by atoms with Crippen LogP contribution in [0.25, 0.3) is 0 Å². The van der Waals surface area contributed by atoms with Crippen molar-refractivity contribution in [2.24, 2.45) is 0 Å². The van der Waals surface area contributed by atoms with Crippen molar-refractivity contribution in [1.82, 2.24) is 4.90 Å². The number of thioether (sulfide) groups is 1. The molecular formula is C18H16F3NO2S. The highest BCUT2D eigenvalue weighted by molar-refractivity contribution is 7.99. The van der Waals surface area contributed by atoms with Gasteiger partial charge in [0.25, 0.3) is 5.91 Å². The summed E-state index contributed by atoms with van der Waals surface area (Å²) in [6, 6.07) is 12.1. The Morgan fingerprint density at radius 1 is 1.20 bits per heavy atom. The monoisotopic (exact) mass is 367 g/mol. The maximum atomic E-state index is 13.3. The molecule has 1 aliphatic rings. The Balaban J connectivity index is 1.95. The highest BCUT2D eigenvalue weighted by atomic mass is 32.2. The smallest absolute Gasteiger partial charge is 0.416 e. The van der Waals surface area contributed by atoms with Gasteiger partial charge in [-0.3, -0.25) is 4.79 Å². The van der Waals surface area contributed by atoms with Crippen LogP contribution in [0.15, 0.2) is 48.5 Å². The van der Waals surface area contributed by atoms with Gasteiger partial charge in [-0.15, -0.1) is 11.8 Å². The molecule has 3 nitrogen and oxygen atoms in total. The van der Waals surface area contributed by atoms with Crippen LogP contribution in [0.2, 0.25) is 0 Å². The van der Waals surface area contributed by atoms with Crippen molar-refractivity contribution in [3.05, 3.63) is 65.2 Å². The standard InChI is InChI=1S/C18H16F3NO2S/c1-24-13-6-4-5-12(11-13)16(23)22-9-10-25-17(22)14-7-2-3-8-15(14)18(19,20)21/h2-8,11,17H,9-10H2,1H3/t17-/m0/s1.